The monoisotopic (exact) mass is 345 g/mol. The Morgan fingerprint density at radius 1 is 1.41 bits per heavy atom. The third-order valence-corrected chi connectivity index (χ3v) is 4.03. The van der Waals surface area contributed by atoms with Crippen LogP contribution in [0.5, 0.6) is 0 Å². The first-order valence-corrected chi connectivity index (χ1v) is 6.94. The molecule has 0 aromatic heterocycles. The van der Waals surface area contributed by atoms with E-state index >= 15 is 0 Å². The van der Waals surface area contributed by atoms with Crippen LogP contribution in [0.4, 0.5) is 0 Å². The molecule has 94 valence electrons. The highest BCUT2D eigenvalue weighted by atomic mass is 127. The normalized spacial score (nSPS) is 11.6. The third-order valence-electron chi connectivity index (χ3n) is 3.35. The van der Waals surface area contributed by atoms with Gasteiger partial charge in [-0.25, -0.2) is 0 Å². The zero-order valence-electron chi connectivity index (χ0n) is 10.9. The summed E-state index contributed by atoms with van der Waals surface area (Å²) in [6, 6.07) is 7.64. The first kappa shape index (κ1) is 14.5. The van der Waals surface area contributed by atoms with Crippen LogP contribution in [-0.2, 0) is 0 Å². The lowest BCUT2D eigenvalue weighted by molar-refractivity contribution is 0.0924. The Morgan fingerprint density at radius 3 is 2.59 bits per heavy atom. The minimum absolute atomic E-state index is 0.0113. The van der Waals surface area contributed by atoms with Gasteiger partial charge in [0, 0.05) is 15.7 Å². The molecule has 0 spiro atoms. The van der Waals surface area contributed by atoms with Gasteiger partial charge in [0.05, 0.1) is 0 Å². The van der Waals surface area contributed by atoms with Gasteiger partial charge in [0.15, 0.2) is 0 Å². The van der Waals surface area contributed by atoms with E-state index in [0.29, 0.717) is 12.5 Å². The lowest BCUT2D eigenvalue weighted by atomic mass is 9.81. The molecule has 0 aliphatic rings. The first-order chi connectivity index (χ1) is 7.83. The molecule has 0 radical (unpaired) electrons. The second-order valence-corrected chi connectivity index (χ2v) is 6.58. The molecule has 0 fully saturated rings. The van der Waals surface area contributed by atoms with Crippen LogP contribution < -0.4 is 5.32 Å². The number of carbonyl (C=O) groups is 1. The van der Waals surface area contributed by atoms with E-state index in [1.807, 2.05) is 24.3 Å². The number of halogens is 1. The lowest BCUT2D eigenvalue weighted by Gasteiger charge is -2.29. The Hall–Kier alpha value is -0.580. The maximum absolute atomic E-state index is 12.0. The van der Waals surface area contributed by atoms with Crippen LogP contribution in [0.15, 0.2) is 24.3 Å². The summed E-state index contributed by atoms with van der Waals surface area (Å²) in [5.74, 6) is 0.552. The molecule has 1 aromatic carbocycles. The quantitative estimate of drug-likeness (QED) is 0.829. The Kier molecular flexibility index (Phi) is 4.98. The number of amides is 1. The maximum Gasteiger partial charge on any atom is 0.251 e. The van der Waals surface area contributed by atoms with Gasteiger partial charge in [-0.3, -0.25) is 4.79 Å². The van der Waals surface area contributed by atoms with Crippen molar-refractivity contribution < 1.29 is 4.79 Å². The fourth-order valence-electron chi connectivity index (χ4n) is 1.24. The van der Waals surface area contributed by atoms with Crippen LogP contribution in [0.25, 0.3) is 0 Å². The van der Waals surface area contributed by atoms with Gasteiger partial charge in [0.2, 0.25) is 0 Å². The fraction of sp³-hybridized carbons (Fsp3) is 0.500. The molecule has 1 aromatic rings. The van der Waals surface area contributed by atoms with E-state index in [4.69, 9.17) is 0 Å². The molecule has 0 bridgehead atoms. The SMILES string of the molecule is CC(C)C(C)(C)CNC(=O)c1cccc(I)c1. The molecule has 17 heavy (non-hydrogen) atoms. The topological polar surface area (TPSA) is 29.1 Å². The number of hydrogen-bond acceptors (Lipinski definition) is 1. The predicted molar refractivity (Wildman–Crippen MR) is 80.1 cm³/mol. The summed E-state index contributed by atoms with van der Waals surface area (Å²) in [7, 11) is 0. The molecular formula is C14H20INO. The predicted octanol–water partition coefficient (Wildman–Crippen LogP) is 3.70. The summed E-state index contributed by atoms with van der Waals surface area (Å²) in [6.45, 7) is 9.41. The molecule has 0 unspecified atom stereocenters. The number of carbonyl (C=O) groups excluding carboxylic acids is 1. The summed E-state index contributed by atoms with van der Waals surface area (Å²) >= 11 is 2.21. The number of benzene rings is 1. The van der Waals surface area contributed by atoms with Crippen LogP contribution in [0, 0.1) is 14.9 Å². The second kappa shape index (κ2) is 5.85. The van der Waals surface area contributed by atoms with E-state index in [2.05, 4.69) is 55.6 Å². The molecule has 1 N–H and O–H groups in total. The van der Waals surface area contributed by atoms with Gasteiger partial charge >= 0.3 is 0 Å². The fourth-order valence-corrected chi connectivity index (χ4v) is 1.79. The summed E-state index contributed by atoms with van der Waals surface area (Å²) in [5.41, 5.74) is 0.855. The van der Waals surface area contributed by atoms with Crippen molar-refractivity contribution in [2.75, 3.05) is 6.54 Å². The van der Waals surface area contributed by atoms with E-state index in [1.165, 1.54) is 0 Å². The summed E-state index contributed by atoms with van der Waals surface area (Å²) in [5, 5.41) is 3.01. The highest BCUT2D eigenvalue weighted by molar-refractivity contribution is 14.1. The number of nitrogens with one attached hydrogen (secondary N) is 1. The Labute approximate surface area is 117 Å². The third kappa shape index (κ3) is 4.30. The molecule has 0 atom stereocenters. The molecule has 1 rings (SSSR count). The van der Waals surface area contributed by atoms with Crippen molar-refractivity contribution in [1.82, 2.24) is 5.32 Å². The van der Waals surface area contributed by atoms with E-state index < -0.39 is 0 Å². The van der Waals surface area contributed by atoms with Crippen LogP contribution >= 0.6 is 22.6 Å². The Morgan fingerprint density at radius 2 is 2.06 bits per heavy atom. The zero-order valence-corrected chi connectivity index (χ0v) is 13.0. The molecule has 1 amide bonds. The average molecular weight is 345 g/mol. The summed E-state index contributed by atoms with van der Waals surface area (Å²) < 4.78 is 1.08. The summed E-state index contributed by atoms with van der Waals surface area (Å²) in [6.07, 6.45) is 0. The molecule has 0 heterocycles. The molecule has 0 aliphatic carbocycles. The zero-order chi connectivity index (χ0) is 13.1. The van der Waals surface area contributed by atoms with E-state index in [-0.39, 0.29) is 11.3 Å². The minimum Gasteiger partial charge on any atom is -0.351 e. The number of hydrogen-bond donors (Lipinski definition) is 1. The minimum atomic E-state index is 0.0113. The van der Waals surface area contributed by atoms with Crippen LogP contribution in [0.3, 0.4) is 0 Å². The van der Waals surface area contributed by atoms with Crippen molar-refractivity contribution >= 4 is 28.5 Å². The van der Waals surface area contributed by atoms with Gasteiger partial charge in [-0.05, 0) is 52.1 Å². The van der Waals surface area contributed by atoms with Crippen molar-refractivity contribution in [3.8, 4) is 0 Å². The highest BCUT2D eigenvalue weighted by Crippen LogP contribution is 2.24. The average Bonchev–Trinajstić information content (AvgIpc) is 2.25. The van der Waals surface area contributed by atoms with Gasteiger partial charge in [0.1, 0.15) is 0 Å². The molecule has 0 saturated carbocycles. The standard InChI is InChI=1S/C14H20INO/c1-10(2)14(3,4)9-16-13(17)11-6-5-7-12(15)8-11/h5-8,10H,9H2,1-4H3,(H,16,17). The Balaban J connectivity index is 2.62. The van der Waals surface area contributed by atoms with Crippen molar-refractivity contribution in [2.24, 2.45) is 11.3 Å². The maximum atomic E-state index is 12.0. The van der Waals surface area contributed by atoms with Crippen molar-refractivity contribution in [1.29, 1.82) is 0 Å². The first-order valence-electron chi connectivity index (χ1n) is 5.86. The van der Waals surface area contributed by atoms with Crippen molar-refractivity contribution in [3.05, 3.63) is 33.4 Å². The second-order valence-electron chi connectivity index (χ2n) is 5.34. The van der Waals surface area contributed by atoms with Crippen molar-refractivity contribution in [2.45, 2.75) is 27.7 Å². The van der Waals surface area contributed by atoms with Crippen LogP contribution in [-0.4, -0.2) is 12.5 Å². The van der Waals surface area contributed by atoms with Gasteiger partial charge in [-0.15, -0.1) is 0 Å². The van der Waals surface area contributed by atoms with Gasteiger partial charge in [0.25, 0.3) is 5.91 Å². The molecule has 0 saturated heterocycles. The molecular weight excluding hydrogens is 325 g/mol. The van der Waals surface area contributed by atoms with Gasteiger partial charge < -0.3 is 5.32 Å². The summed E-state index contributed by atoms with van der Waals surface area (Å²) in [4.78, 5) is 12.0. The highest BCUT2D eigenvalue weighted by Gasteiger charge is 2.23. The number of rotatable bonds is 4. The van der Waals surface area contributed by atoms with Gasteiger partial charge in [-0.1, -0.05) is 33.8 Å². The smallest absolute Gasteiger partial charge is 0.251 e. The molecule has 0 aliphatic heterocycles. The Bertz CT molecular complexity index is 399. The van der Waals surface area contributed by atoms with Crippen LogP contribution in [0.2, 0.25) is 0 Å². The van der Waals surface area contributed by atoms with Gasteiger partial charge in [-0.2, -0.15) is 0 Å². The largest absolute Gasteiger partial charge is 0.351 e. The molecule has 2 nitrogen and oxygen atoms in total. The van der Waals surface area contributed by atoms with Crippen molar-refractivity contribution in [3.63, 3.8) is 0 Å². The van der Waals surface area contributed by atoms with E-state index in [0.717, 1.165) is 9.13 Å². The lowest BCUT2D eigenvalue weighted by Crippen LogP contribution is -2.36. The van der Waals surface area contributed by atoms with E-state index in [1.54, 1.807) is 0 Å². The molecule has 3 heteroatoms. The van der Waals surface area contributed by atoms with E-state index in [9.17, 15) is 4.79 Å². The van der Waals surface area contributed by atoms with Crippen LogP contribution in [0.1, 0.15) is 38.1 Å².